The van der Waals surface area contributed by atoms with E-state index in [1.807, 2.05) is 42.5 Å². The quantitative estimate of drug-likeness (QED) is 0.162. The van der Waals surface area contributed by atoms with E-state index in [0.717, 1.165) is 98.5 Å². The molecule has 5 nitrogen and oxygen atoms in total. The molecule has 0 unspecified atom stereocenters. The van der Waals surface area contributed by atoms with Crippen molar-refractivity contribution in [2.75, 3.05) is 0 Å². The SMILES string of the molecule is C=c1/c(=C\C=C/Cc2ccc3oc4ccccc4c3c2-c2nc(-c3ccc(-c4ccccc4)cc3)nc(-c3ccc4ccccc4c3)n2)oc2cc3ccccc3cc12. The Balaban J connectivity index is 1.07. The molecule has 3 heterocycles. The number of hydrogen-bond donors (Lipinski definition) is 0. The number of rotatable bonds is 7. The molecule has 0 radical (unpaired) electrons. The predicted octanol–water partition coefficient (Wildman–Crippen LogP) is 12.5. The monoisotopic (exact) mass is 757 g/mol. The Morgan fingerprint density at radius 2 is 1.08 bits per heavy atom. The van der Waals surface area contributed by atoms with Crippen LogP contribution in [-0.4, -0.2) is 15.0 Å². The lowest BCUT2D eigenvalue weighted by Crippen LogP contribution is -2.17. The normalized spacial score (nSPS) is 12.2. The Morgan fingerprint density at radius 1 is 0.458 bits per heavy atom. The van der Waals surface area contributed by atoms with Crippen molar-refractivity contribution in [1.82, 2.24) is 15.0 Å². The second kappa shape index (κ2) is 14.2. The lowest BCUT2D eigenvalue weighted by Gasteiger charge is -2.13. The Kier molecular flexibility index (Phi) is 8.30. The molecule has 0 bridgehead atoms. The van der Waals surface area contributed by atoms with Gasteiger partial charge in [0.25, 0.3) is 0 Å². The van der Waals surface area contributed by atoms with Gasteiger partial charge in [-0.2, -0.15) is 0 Å². The van der Waals surface area contributed by atoms with Gasteiger partial charge in [0.05, 0.1) is 0 Å². The number of fused-ring (bicyclic) bond motifs is 6. The van der Waals surface area contributed by atoms with Crippen LogP contribution in [0.4, 0.5) is 0 Å². The van der Waals surface area contributed by atoms with E-state index in [1.54, 1.807) is 0 Å². The van der Waals surface area contributed by atoms with Crippen molar-refractivity contribution in [3.05, 3.63) is 198 Å². The van der Waals surface area contributed by atoms with Crippen LogP contribution in [0.15, 0.2) is 191 Å². The highest BCUT2D eigenvalue weighted by Gasteiger charge is 2.21. The van der Waals surface area contributed by atoms with E-state index in [0.29, 0.717) is 23.9 Å². The number of para-hydroxylation sites is 1. The Morgan fingerprint density at radius 3 is 1.90 bits per heavy atom. The molecule has 0 fully saturated rings. The van der Waals surface area contributed by atoms with Crippen LogP contribution in [0.3, 0.4) is 0 Å². The molecule has 0 atom stereocenters. The minimum atomic E-state index is 0.583. The van der Waals surface area contributed by atoms with Crippen LogP contribution in [0.2, 0.25) is 0 Å². The van der Waals surface area contributed by atoms with Crippen LogP contribution >= 0.6 is 0 Å². The highest BCUT2D eigenvalue weighted by Crippen LogP contribution is 2.39. The average molecular weight is 758 g/mol. The average Bonchev–Trinajstić information content (AvgIpc) is 3.83. The summed E-state index contributed by atoms with van der Waals surface area (Å²) in [6, 6.07) is 58.4. The van der Waals surface area contributed by atoms with E-state index in [2.05, 4.69) is 152 Å². The summed E-state index contributed by atoms with van der Waals surface area (Å²) in [5.74, 6) is 1.78. The smallest absolute Gasteiger partial charge is 0.165 e. The third-order valence-corrected chi connectivity index (χ3v) is 11.2. The predicted molar refractivity (Wildman–Crippen MR) is 242 cm³/mol. The van der Waals surface area contributed by atoms with Gasteiger partial charge in [-0.1, -0.05) is 158 Å². The summed E-state index contributed by atoms with van der Waals surface area (Å²) in [4.78, 5) is 15.7. The van der Waals surface area contributed by atoms with Crippen molar-refractivity contribution in [2.24, 2.45) is 0 Å². The number of benzene rings is 8. The van der Waals surface area contributed by atoms with Gasteiger partial charge < -0.3 is 8.83 Å². The number of furan rings is 2. The molecule has 3 aromatic heterocycles. The maximum Gasteiger partial charge on any atom is 0.165 e. The minimum absolute atomic E-state index is 0.583. The molecule has 0 spiro atoms. The number of allylic oxidation sites excluding steroid dienone is 2. The molecule has 0 amide bonds. The molecule has 5 heteroatoms. The molecule has 278 valence electrons. The molecule has 0 N–H and O–H groups in total. The van der Waals surface area contributed by atoms with Crippen LogP contribution in [0.25, 0.3) is 112 Å². The molecule has 0 saturated heterocycles. The first-order valence-electron chi connectivity index (χ1n) is 19.7. The van der Waals surface area contributed by atoms with Gasteiger partial charge in [0.1, 0.15) is 22.2 Å². The van der Waals surface area contributed by atoms with E-state index < -0.39 is 0 Å². The van der Waals surface area contributed by atoms with Gasteiger partial charge in [-0.15, -0.1) is 0 Å². The summed E-state index contributed by atoms with van der Waals surface area (Å²) in [5, 5.41) is 8.45. The van der Waals surface area contributed by atoms with E-state index >= 15 is 0 Å². The minimum Gasteiger partial charge on any atom is -0.456 e. The number of hydrogen-bond acceptors (Lipinski definition) is 5. The van der Waals surface area contributed by atoms with Gasteiger partial charge in [-0.25, -0.2) is 15.0 Å². The maximum absolute atomic E-state index is 6.44. The fraction of sp³-hybridized carbons (Fsp3) is 0.0185. The van der Waals surface area contributed by atoms with Crippen molar-refractivity contribution in [3.8, 4) is 45.3 Å². The van der Waals surface area contributed by atoms with Crippen molar-refractivity contribution < 1.29 is 8.83 Å². The van der Waals surface area contributed by atoms with E-state index in [9.17, 15) is 0 Å². The van der Waals surface area contributed by atoms with Crippen molar-refractivity contribution >= 4 is 67.1 Å². The number of aromatic nitrogens is 3. The molecule has 11 rings (SSSR count). The van der Waals surface area contributed by atoms with Gasteiger partial charge in [-0.05, 0) is 81.1 Å². The third-order valence-electron chi connectivity index (χ3n) is 11.2. The standard InChI is InChI=1S/C54H35N3O2/c1-34-45-32-41-18-7-8-19-42(41)33-49(45)58-46(34)21-11-9-16-38-29-30-48-51(44-20-10-12-22-47(44)59-48)50(38)54-56-52(39-26-23-37(24-27-39)35-13-3-2-4-14-35)55-53(57-54)43-28-25-36-15-5-6-17-40(36)31-43/h2-15,17-33H,1,16H2/b11-9-,46-21+. The number of nitrogens with zero attached hydrogens (tertiary/aromatic N) is 3. The first-order chi connectivity index (χ1) is 29.1. The Labute approximate surface area is 339 Å². The van der Waals surface area contributed by atoms with Crippen LogP contribution in [-0.2, 0) is 6.42 Å². The van der Waals surface area contributed by atoms with Crippen LogP contribution < -0.4 is 10.6 Å². The first kappa shape index (κ1) is 34.4. The van der Waals surface area contributed by atoms with E-state index in [4.69, 9.17) is 23.8 Å². The van der Waals surface area contributed by atoms with Gasteiger partial charge in [-0.3, -0.25) is 0 Å². The second-order valence-electron chi connectivity index (χ2n) is 14.8. The maximum atomic E-state index is 6.44. The first-order valence-corrected chi connectivity index (χ1v) is 19.7. The van der Waals surface area contributed by atoms with Crippen molar-refractivity contribution in [3.63, 3.8) is 0 Å². The summed E-state index contributed by atoms with van der Waals surface area (Å²) in [6.45, 7) is 4.37. The van der Waals surface area contributed by atoms with Crippen molar-refractivity contribution in [2.45, 2.75) is 6.42 Å². The largest absolute Gasteiger partial charge is 0.456 e. The molecule has 0 aliphatic rings. The topological polar surface area (TPSA) is 65.0 Å². The fourth-order valence-corrected chi connectivity index (χ4v) is 8.14. The zero-order chi connectivity index (χ0) is 39.3. The molecular formula is C54H35N3O2. The van der Waals surface area contributed by atoms with Crippen LogP contribution in [0.5, 0.6) is 0 Å². The van der Waals surface area contributed by atoms with Gasteiger partial charge in [0.15, 0.2) is 17.5 Å². The van der Waals surface area contributed by atoms with E-state index in [1.165, 1.54) is 0 Å². The van der Waals surface area contributed by atoms with Gasteiger partial charge >= 0.3 is 0 Å². The van der Waals surface area contributed by atoms with Gasteiger partial charge in [0.2, 0.25) is 0 Å². The Hall–Kier alpha value is -7.89. The highest BCUT2D eigenvalue weighted by atomic mass is 16.3. The summed E-state index contributed by atoms with van der Waals surface area (Å²) >= 11 is 0. The van der Waals surface area contributed by atoms with Crippen LogP contribution in [0, 0.1) is 0 Å². The lowest BCUT2D eigenvalue weighted by atomic mass is 9.97. The molecule has 59 heavy (non-hydrogen) atoms. The zero-order valence-corrected chi connectivity index (χ0v) is 32.0. The molecule has 0 aliphatic heterocycles. The lowest BCUT2D eigenvalue weighted by molar-refractivity contribution is 0.576. The summed E-state index contributed by atoms with van der Waals surface area (Å²) in [5.41, 5.74) is 9.22. The third kappa shape index (κ3) is 6.26. The summed E-state index contributed by atoms with van der Waals surface area (Å²) < 4.78 is 12.8. The summed E-state index contributed by atoms with van der Waals surface area (Å²) in [7, 11) is 0. The fourth-order valence-electron chi connectivity index (χ4n) is 8.14. The molecular weight excluding hydrogens is 723 g/mol. The second-order valence-corrected chi connectivity index (χ2v) is 14.8. The highest BCUT2D eigenvalue weighted by molar-refractivity contribution is 6.12. The molecule has 11 aromatic rings. The molecule has 8 aromatic carbocycles. The van der Waals surface area contributed by atoms with Gasteiger partial charge in [0, 0.05) is 38.1 Å². The molecule has 0 saturated carbocycles. The zero-order valence-electron chi connectivity index (χ0n) is 32.0. The summed E-state index contributed by atoms with van der Waals surface area (Å²) in [6.07, 6.45) is 6.79. The molecule has 0 aliphatic carbocycles. The Bertz CT molecular complexity index is 3540. The van der Waals surface area contributed by atoms with E-state index in [-0.39, 0.29) is 0 Å². The van der Waals surface area contributed by atoms with Crippen molar-refractivity contribution in [1.29, 1.82) is 0 Å². The van der Waals surface area contributed by atoms with Crippen LogP contribution in [0.1, 0.15) is 5.56 Å².